The van der Waals surface area contributed by atoms with Gasteiger partial charge in [0.25, 0.3) is 0 Å². The molecule has 0 aliphatic heterocycles. The van der Waals surface area contributed by atoms with Crippen LogP contribution in [0.1, 0.15) is 27.2 Å². The second-order valence-corrected chi connectivity index (χ2v) is 24.4. The summed E-state index contributed by atoms with van der Waals surface area (Å²) in [6, 6.07) is 0. The molecule has 0 radical (unpaired) electrons. The molecule has 0 aromatic carbocycles. The second kappa shape index (κ2) is 5.82. The molecule has 0 unspecified atom stereocenters. The average Bonchev–Trinajstić information content (AvgIpc) is 2.71. The molecule has 0 atom stereocenters. The fourth-order valence-electron chi connectivity index (χ4n) is 2.54. The first kappa shape index (κ1) is 12.9. The maximum absolute atomic E-state index is 10.5. The van der Waals surface area contributed by atoms with Crippen molar-refractivity contribution in [2.24, 2.45) is 0 Å². The van der Waals surface area contributed by atoms with E-state index in [-0.39, 0.29) is 0 Å². The number of rotatable bonds is 6. The van der Waals surface area contributed by atoms with Crippen LogP contribution < -0.4 is 5.32 Å². The third-order valence-electron chi connectivity index (χ3n) is 3.75. The van der Waals surface area contributed by atoms with E-state index in [0.717, 1.165) is 18.5 Å². The Morgan fingerprint density at radius 1 is 1.27 bits per heavy atom. The molecule has 0 bridgehead atoms. The van der Waals surface area contributed by atoms with Crippen molar-refractivity contribution in [1.82, 2.24) is 5.32 Å². The first-order chi connectivity index (χ1) is 7.24. The second-order valence-electron chi connectivity index (χ2n) is 4.07. The van der Waals surface area contributed by atoms with Gasteiger partial charge in [0.2, 0.25) is 0 Å². The molecular weight excluding hydrogens is 381 g/mol. The van der Waals surface area contributed by atoms with Crippen molar-refractivity contribution in [1.29, 1.82) is 0 Å². The van der Waals surface area contributed by atoms with Crippen LogP contribution in [-0.4, -0.2) is 27.6 Å². The number of carbonyl (C=O) groups is 1. The molecule has 3 heteroatoms. The quantitative estimate of drug-likeness (QED) is 0.537. The van der Waals surface area contributed by atoms with Gasteiger partial charge < -0.3 is 0 Å². The van der Waals surface area contributed by atoms with Crippen LogP contribution in [0.4, 0.5) is 0 Å². The molecule has 0 aromatic heterocycles. The molecule has 1 amide bonds. The molecule has 0 heterocycles. The van der Waals surface area contributed by atoms with Gasteiger partial charge in [0.15, 0.2) is 0 Å². The normalized spacial score (nSPS) is 15.9. The molecule has 15 heavy (non-hydrogen) atoms. The van der Waals surface area contributed by atoms with Crippen LogP contribution in [0.5, 0.6) is 0 Å². The van der Waals surface area contributed by atoms with Gasteiger partial charge in [-0.25, -0.2) is 0 Å². The molecule has 0 fully saturated rings. The summed E-state index contributed by atoms with van der Waals surface area (Å²) in [4.78, 5) is 10.5. The van der Waals surface area contributed by atoms with Gasteiger partial charge in [-0.1, -0.05) is 0 Å². The molecule has 1 aliphatic rings. The minimum atomic E-state index is -2.25. The van der Waals surface area contributed by atoms with E-state index in [1.54, 1.807) is 3.13 Å². The van der Waals surface area contributed by atoms with Gasteiger partial charge in [-0.15, -0.1) is 0 Å². The van der Waals surface area contributed by atoms with Crippen molar-refractivity contribution >= 4 is 27.6 Å². The van der Waals surface area contributed by atoms with Gasteiger partial charge in [0, 0.05) is 0 Å². The van der Waals surface area contributed by atoms with Crippen molar-refractivity contribution in [3.05, 3.63) is 21.0 Å². The predicted molar refractivity (Wildman–Crippen MR) is 67.2 cm³/mol. The summed E-state index contributed by atoms with van der Waals surface area (Å²) < 4.78 is 5.61. The van der Waals surface area contributed by atoms with Gasteiger partial charge in [-0.2, -0.15) is 0 Å². The van der Waals surface area contributed by atoms with E-state index in [1.165, 1.54) is 11.9 Å². The van der Waals surface area contributed by atoms with Gasteiger partial charge in [-0.3, -0.25) is 0 Å². The van der Waals surface area contributed by atoms with Gasteiger partial charge in [0.1, 0.15) is 0 Å². The first-order valence-corrected chi connectivity index (χ1v) is 16.0. The Hall–Kier alpha value is -0.128. The zero-order valence-electron chi connectivity index (χ0n) is 9.97. The van der Waals surface area contributed by atoms with Crippen molar-refractivity contribution < 1.29 is 4.79 Å². The fraction of sp³-hybridized carbons (Fsp3) is 0.583. The van der Waals surface area contributed by atoms with Crippen LogP contribution in [0.3, 0.4) is 0 Å². The molecule has 0 aromatic rings. The number of nitrogens with one attached hydrogen (secondary N) is 1. The fourth-order valence-corrected chi connectivity index (χ4v) is 17.9. The van der Waals surface area contributed by atoms with Crippen LogP contribution in [0.2, 0.25) is 11.9 Å². The van der Waals surface area contributed by atoms with Crippen LogP contribution in [0, 0.1) is 0 Å². The third kappa shape index (κ3) is 2.52. The molecule has 1 aliphatic carbocycles. The van der Waals surface area contributed by atoms with E-state index in [0.29, 0.717) is 0 Å². The molecule has 84 valence electrons. The molecular formula is C12H21NOPb. The Balaban J connectivity index is 2.94. The Morgan fingerprint density at radius 2 is 1.87 bits per heavy atom. The van der Waals surface area contributed by atoms with Crippen molar-refractivity contribution in [2.45, 2.75) is 39.1 Å². The molecule has 0 saturated carbocycles. The number of allylic oxidation sites excluding steroid dienone is 3. The first-order valence-electron chi connectivity index (χ1n) is 5.85. The van der Waals surface area contributed by atoms with E-state index in [2.05, 4.69) is 38.2 Å². The number of amides is 1. The van der Waals surface area contributed by atoms with Gasteiger partial charge >= 0.3 is 97.8 Å². The van der Waals surface area contributed by atoms with Crippen LogP contribution in [0.15, 0.2) is 21.0 Å². The van der Waals surface area contributed by atoms with Gasteiger partial charge in [-0.05, 0) is 0 Å². The summed E-state index contributed by atoms with van der Waals surface area (Å²) in [5.74, 6) is 0. The molecule has 1 rings (SSSR count). The summed E-state index contributed by atoms with van der Waals surface area (Å²) in [6.07, 6.45) is 6.32. The van der Waals surface area contributed by atoms with Gasteiger partial charge in [0.05, 0.1) is 0 Å². The molecule has 1 N–H and O–H groups in total. The Labute approximate surface area is 97.5 Å². The Morgan fingerprint density at radius 3 is 2.33 bits per heavy atom. The maximum atomic E-state index is 10.5. The zero-order chi connectivity index (χ0) is 11.3. The molecule has 0 saturated heterocycles. The zero-order valence-corrected chi connectivity index (χ0v) is 13.9. The van der Waals surface area contributed by atoms with E-state index >= 15 is 0 Å². The summed E-state index contributed by atoms with van der Waals surface area (Å²) in [5, 5.41) is 2.87. The van der Waals surface area contributed by atoms with Crippen molar-refractivity contribution in [2.75, 3.05) is 0 Å². The average molecular weight is 403 g/mol. The summed E-state index contributed by atoms with van der Waals surface area (Å²) in [5.41, 5.74) is 1.12. The Bertz CT molecular complexity index is 282. The number of hydrogen-bond acceptors (Lipinski definition) is 1. The van der Waals surface area contributed by atoms with Crippen molar-refractivity contribution in [3.63, 3.8) is 0 Å². The third-order valence-corrected chi connectivity index (χ3v) is 25.8. The van der Waals surface area contributed by atoms with E-state index in [4.69, 9.17) is 0 Å². The molecule has 2 nitrogen and oxygen atoms in total. The Kier molecular flexibility index (Phi) is 5.02. The minimum absolute atomic E-state index is 0.810. The van der Waals surface area contributed by atoms with Crippen molar-refractivity contribution in [3.8, 4) is 0 Å². The van der Waals surface area contributed by atoms with Crippen LogP contribution in [-0.2, 0) is 4.79 Å². The van der Waals surface area contributed by atoms with E-state index in [1.807, 2.05) is 0 Å². The SMILES string of the molecule is C[CH2][Pb]([CH2]C)([CH2]C)[C]1=CCC=C1NC=O. The van der Waals surface area contributed by atoms with Crippen LogP contribution >= 0.6 is 0 Å². The van der Waals surface area contributed by atoms with Crippen LogP contribution in [0.25, 0.3) is 0 Å². The predicted octanol–water partition coefficient (Wildman–Crippen LogP) is 2.99. The van der Waals surface area contributed by atoms with E-state index < -0.39 is 21.2 Å². The summed E-state index contributed by atoms with van der Waals surface area (Å²) >= 11 is -2.25. The summed E-state index contributed by atoms with van der Waals surface area (Å²) in [6.45, 7) is 6.98. The number of hydrogen-bond donors (Lipinski definition) is 1. The summed E-state index contributed by atoms with van der Waals surface area (Å²) in [7, 11) is 0. The number of carbonyl (C=O) groups excluding carboxylic acids is 1. The standard InChI is InChI=1S/C6H6NO.3C2H5.Pb/c8-5-7-6-3-1-2-4-6;3*1-2;/h1,4-5H,2H2,(H,7,8);3*1H2,2H3;. The van der Waals surface area contributed by atoms with E-state index in [9.17, 15) is 4.79 Å². The molecule has 0 spiro atoms. The topological polar surface area (TPSA) is 29.1 Å². The monoisotopic (exact) mass is 403 g/mol.